The Morgan fingerprint density at radius 2 is 1.83 bits per heavy atom. The molecule has 0 saturated carbocycles. The van der Waals surface area contributed by atoms with Crippen molar-refractivity contribution in [3.05, 3.63) is 42.5 Å². The largest absolute Gasteiger partial charge is 0.508 e. The Morgan fingerprint density at radius 1 is 1.17 bits per heavy atom. The molecule has 23 heavy (non-hydrogen) atoms. The van der Waals surface area contributed by atoms with Crippen LogP contribution in [0.1, 0.15) is 6.92 Å². The Labute approximate surface area is 133 Å². The molecule has 0 saturated heterocycles. The molecule has 4 N–H and O–H groups in total. The standard InChI is InChI=1S/C15H16N2O5S/c1-2-22-15(19)17-12-5-3-10(4-6-12)11-7-13(18)9-14(8-11)23(16,20)21/h3-9,18H,2H2,1H3,(H,17,19)(H2,16,20,21). The SMILES string of the molecule is CCOC(=O)Nc1ccc(-c2cc(O)cc(S(N)(=O)=O)c2)cc1. The lowest BCUT2D eigenvalue weighted by Crippen LogP contribution is -2.13. The Kier molecular flexibility index (Phi) is 4.87. The van der Waals surface area contributed by atoms with E-state index in [9.17, 15) is 18.3 Å². The van der Waals surface area contributed by atoms with E-state index in [1.807, 2.05) is 0 Å². The maximum Gasteiger partial charge on any atom is 0.411 e. The van der Waals surface area contributed by atoms with Crippen molar-refractivity contribution < 1.29 is 23.1 Å². The minimum Gasteiger partial charge on any atom is -0.508 e. The highest BCUT2D eigenvalue weighted by Gasteiger charge is 2.12. The summed E-state index contributed by atoms with van der Waals surface area (Å²) in [5, 5.41) is 17.3. The number of amides is 1. The number of carbonyl (C=O) groups excluding carboxylic acids is 1. The zero-order valence-corrected chi connectivity index (χ0v) is 13.1. The summed E-state index contributed by atoms with van der Waals surface area (Å²) in [7, 11) is -3.92. The molecule has 0 aliphatic carbocycles. The van der Waals surface area contributed by atoms with E-state index >= 15 is 0 Å². The number of nitrogens with two attached hydrogens (primary N) is 1. The molecule has 2 rings (SSSR count). The molecule has 2 aromatic rings. The first kappa shape index (κ1) is 16.8. The Hall–Kier alpha value is -2.58. The topological polar surface area (TPSA) is 119 Å². The third-order valence-electron chi connectivity index (χ3n) is 2.96. The third-order valence-corrected chi connectivity index (χ3v) is 3.85. The van der Waals surface area contributed by atoms with E-state index in [1.165, 1.54) is 12.1 Å². The fraction of sp³-hybridized carbons (Fsp3) is 0.133. The van der Waals surface area contributed by atoms with E-state index in [2.05, 4.69) is 5.32 Å². The van der Waals surface area contributed by atoms with Crippen LogP contribution >= 0.6 is 0 Å². The molecule has 0 aliphatic rings. The summed E-state index contributed by atoms with van der Waals surface area (Å²) >= 11 is 0. The summed E-state index contributed by atoms with van der Waals surface area (Å²) in [6.45, 7) is 1.97. The van der Waals surface area contributed by atoms with E-state index in [1.54, 1.807) is 31.2 Å². The van der Waals surface area contributed by atoms with Gasteiger partial charge < -0.3 is 9.84 Å². The van der Waals surface area contributed by atoms with Crippen LogP contribution in [0.25, 0.3) is 11.1 Å². The molecule has 122 valence electrons. The molecule has 0 spiro atoms. The Balaban J connectivity index is 2.29. The lowest BCUT2D eigenvalue weighted by atomic mass is 10.1. The third kappa shape index (κ3) is 4.44. The van der Waals surface area contributed by atoms with Crippen molar-refractivity contribution in [2.24, 2.45) is 5.14 Å². The summed E-state index contributed by atoms with van der Waals surface area (Å²) in [5.74, 6) is -0.208. The molecule has 2 aromatic carbocycles. The summed E-state index contributed by atoms with van der Waals surface area (Å²) in [6, 6.07) is 10.5. The van der Waals surface area contributed by atoms with Crippen molar-refractivity contribution in [1.82, 2.24) is 0 Å². The molecule has 8 heteroatoms. The average Bonchev–Trinajstić information content (AvgIpc) is 2.46. The molecule has 0 aliphatic heterocycles. The molecule has 0 heterocycles. The van der Waals surface area contributed by atoms with Crippen LogP contribution in [0.3, 0.4) is 0 Å². The zero-order valence-electron chi connectivity index (χ0n) is 12.3. The monoisotopic (exact) mass is 336 g/mol. The van der Waals surface area contributed by atoms with Gasteiger partial charge in [0.25, 0.3) is 0 Å². The number of primary sulfonamides is 1. The molecule has 1 amide bonds. The number of hydrogen-bond donors (Lipinski definition) is 3. The Bertz CT molecular complexity index is 816. The van der Waals surface area contributed by atoms with Crippen LogP contribution in [0.2, 0.25) is 0 Å². The van der Waals surface area contributed by atoms with Crippen molar-refractivity contribution in [3.63, 3.8) is 0 Å². The van der Waals surface area contributed by atoms with Crippen molar-refractivity contribution in [3.8, 4) is 16.9 Å². The number of ether oxygens (including phenoxy) is 1. The number of sulfonamides is 1. The van der Waals surface area contributed by atoms with E-state index in [4.69, 9.17) is 9.88 Å². The van der Waals surface area contributed by atoms with Gasteiger partial charge in [-0.3, -0.25) is 5.32 Å². The molecule has 0 fully saturated rings. The van der Waals surface area contributed by atoms with Crippen LogP contribution in [0.4, 0.5) is 10.5 Å². The van der Waals surface area contributed by atoms with Crippen LogP contribution in [0.15, 0.2) is 47.4 Å². The van der Waals surface area contributed by atoms with Gasteiger partial charge in [-0.05, 0) is 48.4 Å². The van der Waals surface area contributed by atoms with Crippen LogP contribution in [-0.2, 0) is 14.8 Å². The molecule has 0 radical (unpaired) electrons. The van der Waals surface area contributed by atoms with Gasteiger partial charge in [-0.25, -0.2) is 18.4 Å². The molecular weight excluding hydrogens is 320 g/mol. The highest BCUT2D eigenvalue weighted by Crippen LogP contribution is 2.28. The maximum atomic E-state index is 11.4. The van der Waals surface area contributed by atoms with Gasteiger partial charge in [0.05, 0.1) is 11.5 Å². The number of aromatic hydroxyl groups is 1. The zero-order chi connectivity index (χ0) is 17.0. The molecule has 0 unspecified atom stereocenters. The summed E-state index contributed by atoms with van der Waals surface area (Å²) < 4.78 is 27.6. The first-order chi connectivity index (χ1) is 10.8. The van der Waals surface area contributed by atoms with Gasteiger partial charge in [-0.2, -0.15) is 0 Å². The van der Waals surface area contributed by atoms with E-state index < -0.39 is 16.1 Å². The van der Waals surface area contributed by atoms with Gasteiger partial charge in [0, 0.05) is 5.69 Å². The Morgan fingerprint density at radius 3 is 2.39 bits per heavy atom. The van der Waals surface area contributed by atoms with E-state index in [-0.39, 0.29) is 17.3 Å². The van der Waals surface area contributed by atoms with Gasteiger partial charge in [0.15, 0.2) is 0 Å². The van der Waals surface area contributed by atoms with Crippen molar-refractivity contribution in [1.29, 1.82) is 0 Å². The predicted octanol–water partition coefficient (Wildman–Crippen LogP) is 2.28. The van der Waals surface area contributed by atoms with Gasteiger partial charge in [0.1, 0.15) is 5.75 Å². The van der Waals surface area contributed by atoms with Crippen molar-refractivity contribution in [2.45, 2.75) is 11.8 Å². The number of carbonyl (C=O) groups is 1. The fourth-order valence-electron chi connectivity index (χ4n) is 1.95. The number of nitrogens with one attached hydrogen (secondary N) is 1. The van der Waals surface area contributed by atoms with Gasteiger partial charge in [-0.15, -0.1) is 0 Å². The number of benzene rings is 2. The number of phenolic OH excluding ortho intramolecular Hbond substituents is 1. The molecule has 0 atom stereocenters. The number of hydrogen-bond acceptors (Lipinski definition) is 5. The lowest BCUT2D eigenvalue weighted by Gasteiger charge is -2.08. The first-order valence-electron chi connectivity index (χ1n) is 6.70. The second-order valence-electron chi connectivity index (χ2n) is 4.68. The maximum absolute atomic E-state index is 11.4. The molecular formula is C15H16N2O5S. The van der Waals surface area contributed by atoms with Crippen LogP contribution in [0, 0.1) is 0 Å². The highest BCUT2D eigenvalue weighted by atomic mass is 32.2. The number of rotatable bonds is 4. The van der Waals surface area contributed by atoms with Gasteiger partial charge in [0.2, 0.25) is 10.0 Å². The second-order valence-corrected chi connectivity index (χ2v) is 6.24. The summed E-state index contributed by atoms with van der Waals surface area (Å²) in [4.78, 5) is 11.1. The fourth-order valence-corrected chi connectivity index (χ4v) is 2.52. The average molecular weight is 336 g/mol. The van der Waals surface area contributed by atoms with Crippen LogP contribution < -0.4 is 10.5 Å². The lowest BCUT2D eigenvalue weighted by molar-refractivity contribution is 0.168. The predicted molar refractivity (Wildman–Crippen MR) is 85.6 cm³/mol. The molecule has 0 aromatic heterocycles. The quantitative estimate of drug-likeness (QED) is 0.791. The summed E-state index contributed by atoms with van der Waals surface area (Å²) in [6.07, 6.45) is -0.561. The van der Waals surface area contributed by atoms with E-state index in [0.29, 0.717) is 16.8 Å². The number of anilines is 1. The van der Waals surface area contributed by atoms with Crippen LogP contribution in [-0.4, -0.2) is 26.2 Å². The van der Waals surface area contributed by atoms with Gasteiger partial charge >= 0.3 is 6.09 Å². The molecule has 0 bridgehead atoms. The van der Waals surface area contributed by atoms with Crippen molar-refractivity contribution in [2.75, 3.05) is 11.9 Å². The normalized spacial score (nSPS) is 11.0. The van der Waals surface area contributed by atoms with Crippen LogP contribution in [0.5, 0.6) is 5.75 Å². The highest BCUT2D eigenvalue weighted by molar-refractivity contribution is 7.89. The number of phenols is 1. The smallest absolute Gasteiger partial charge is 0.411 e. The first-order valence-corrected chi connectivity index (χ1v) is 8.25. The second kappa shape index (κ2) is 6.67. The molecule has 7 nitrogen and oxygen atoms in total. The van der Waals surface area contributed by atoms with Crippen molar-refractivity contribution >= 4 is 21.8 Å². The van der Waals surface area contributed by atoms with E-state index in [0.717, 1.165) is 6.07 Å². The summed E-state index contributed by atoms with van der Waals surface area (Å²) in [5.41, 5.74) is 1.66. The van der Waals surface area contributed by atoms with Gasteiger partial charge in [-0.1, -0.05) is 12.1 Å². The minimum absolute atomic E-state index is 0.179. The minimum atomic E-state index is -3.92.